The van der Waals surface area contributed by atoms with Crippen LogP contribution in [0.25, 0.3) is 0 Å². The summed E-state index contributed by atoms with van der Waals surface area (Å²) in [6.07, 6.45) is 0. The molecular weight excluding hydrogens is 420 g/mol. The van der Waals surface area contributed by atoms with Crippen molar-refractivity contribution in [3.05, 3.63) is 78.9 Å². The standard InChI is InChI=1S/C20H20N6O6/c1-11-5-7-15(9-17(11)25(29)30)13(3)21-23-19(27)20(28)24-22-14(4)16-8-6-12(2)18(10-16)26(31)32/h5-10H,1-4H3,(H,23,27)(H,24,28)/b21-13-,22-14-. The molecule has 0 aliphatic rings. The lowest BCUT2D eigenvalue weighted by atomic mass is 10.1. The van der Waals surface area contributed by atoms with Gasteiger partial charge in [0.05, 0.1) is 21.3 Å². The minimum atomic E-state index is -1.11. The van der Waals surface area contributed by atoms with Gasteiger partial charge in [-0.3, -0.25) is 29.8 Å². The maximum Gasteiger partial charge on any atom is 0.331 e. The summed E-state index contributed by atoms with van der Waals surface area (Å²) >= 11 is 0. The van der Waals surface area contributed by atoms with Crippen LogP contribution in [0.3, 0.4) is 0 Å². The number of hydrazone groups is 2. The van der Waals surface area contributed by atoms with Crippen LogP contribution >= 0.6 is 0 Å². The highest BCUT2D eigenvalue weighted by atomic mass is 16.6. The summed E-state index contributed by atoms with van der Waals surface area (Å²) in [5, 5.41) is 29.7. The molecule has 0 aliphatic carbocycles. The third-order valence-electron chi connectivity index (χ3n) is 4.50. The van der Waals surface area contributed by atoms with Gasteiger partial charge in [-0.1, -0.05) is 24.3 Å². The summed E-state index contributed by atoms with van der Waals surface area (Å²) < 4.78 is 0. The van der Waals surface area contributed by atoms with E-state index >= 15 is 0 Å². The van der Waals surface area contributed by atoms with Crippen LogP contribution in [-0.4, -0.2) is 33.1 Å². The van der Waals surface area contributed by atoms with Crippen molar-refractivity contribution in [1.82, 2.24) is 10.9 Å². The third kappa shape index (κ3) is 5.78. The molecule has 0 aromatic heterocycles. The number of nitro groups is 2. The Kier molecular flexibility index (Phi) is 7.45. The monoisotopic (exact) mass is 440 g/mol. The van der Waals surface area contributed by atoms with Gasteiger partial charge in [0, 0.05) is 34.4 Å². The van der Waals surface area contributed by atoms with E-state index in [1.165, 1.54) is 26.0 Å². The number of hydrogen-bond donors (Lipinski definition) is 2. The van der Waals surface area contributed by atoms with E-state index in [1.54, 1.807) is 38.1 Å². The van der Waals surface area contributed by atoms with E-state index in [-0.39, 0.29) is 22.8 Å². The molecule has 2 rings (SSSR count). The second-order valence-electron chi connectivity index (χ2n) is 6.79. The van der Waals surface area contributed by atoms with Crippen molar-refractivity contribution in [2.75, 3.05) is 0 Å². The smallest absolute Gasteiger partial charge is 0.262 e. The number of rotatable bonds is 6. The maximum absolute atomic E-state index is 11.9. The molecule has 0 atom stereocenters. The molecule has 0 saturated carbocycles. The minimum Gasteiger partial charge on any atom is -0.262 e. The molecule has 0 aliphatic heterocycles. The number of benzene rings is 2. The van der Waals surface area contributed by atoms with Gasteiger partial charge in [0.2, 0.25) is 0 Å². The second-order valence-corrected chi connectivity index (χ2v) is 6.79. The number of carbonyl (C=O) groups is 2. The van der Waals surface area contributed by atoms with E-state index in [0.717, 1.165) is 0 Å². The molecule has 2 aromatic carbocycles. The molecule has 0 spiro atoms. The highest BCUT2D eigenvalue weighted by Gasteiger charge is 2.16. The van der Waals surface area contributed by atoms with E-state index in [1.807, 2.05) is 10.9 Å². The van der Waals surface area contributed by atoms with Gasteiger partial charge >= 0.3 is 11.8 Å². The largest absolute Gasteiger partial charge is 0.331 e. The van der Waals surface area contributed by atoms with Crippen LogP contribution in [0.4, 0.5) is 11.4 Å². The maximum atomic E-state index is 11.9. The number of nitrogens with one attached hydrogen (secondary N) is 2. The predicted molar refractivity (Wildman–Crippen MR) is 116 cm³/mol. The zero-order valence-corrected chi connectivity index (χ0v) is 17.7. The summed E-state index contributed by atoms with van der Waals surface area (Å²) in [5.41, 5.74) is 6.16. The summed E-state index contributed by atoms with van der Waals surface area (Å²) in [5.74, 6) is -2.23. The SMILES string of the molecule is C/C(=N/NC(=O)C(=O)N/N=C(/C)c1ccc(C)c([N+](=O)[O-])c1)c1ccc(C)c([N+](=O)[O-])c1. The molecule has 166 valence electrons. The number of amides is 2. The van der Waals surface area contributed by atoms with Crippen molar-refractivity contribution in [2.45, 2.75) is 27.7 Å². The van der Waals surface area contributed by atoms with Crippen molar-refractivity contribution in [3.63, 3.8) is 0 Å². The Hall–Kier alpha value is -4.48. The van der Waals surface area contributed by atoms with E-state index < -0.39 is 21.7 Å². The average molecular weight is 440 g/mol. The van der Waals surface area contributed by atoms with Gasteiger partial charge in [-0.15, -0.1) is 0 Å². The van der Waals surface area contributed by atoms with Crippen LogP contribution in [0, 0.1) is 34.1 Å². The van der Waals surface area contributed by atoms with Gasteiger partial charge in [0.1, 0.15) is 0 Å². The van der Waals surface area contributed by atoms with E-state index in [0.29, 0.717) is 22.3 Å². The lowest BCUT2D eigenvalue weighted by molar-refractivity contribution is -0.385. The quantitative estimate of drug-likeness (QED) is 0.302. The summed E-state index contributed by atoms with van der Waals surface area (Å²) in [6.45, 7) is 6.22. The molecule has 0 fully saturated rings. The van der Waals surface area contributed by atoms with Gasteiger partial charge in [-0.2, -0.15) is 10.2 Å². The van der Waals surface area contributed by atoms with Crippen molar-refractivity contribution in [2.24, 2.45) is 10.2 Å². The molecule has 12 nitrogen and oxygen atoms in total. The Morgan fingerprint density at radius 1 is 0.750 bits per heavy atom. The molecule has 2 aromatic rings. The zero-order chi connectivity index (χ0) is 24.0. The topological polar surface area (TPSA) is 169 Å². The predicted octanol–water partition coefficient (Wildman–Crippen LogP) is 2.50. The van der Waals surface area contributed by atoms with Gasteiger partial charge in [-0.25, -0.2) is 10.9 Å². The Bertz CT molecular complexity index is 1080. The first-order chi connectivity index (χ1) is 15.0. The fourth-order valence-electron chi connectivity index (χ4n) is 2.56. The fraction of sp³-hybridized carbons (Fsp3) is 0.200. The van der Waals surface area contributed by atoms with Gasteiger partial charge in [0.25, 0.3) is 11.4 Å². The Morgan fingerprint density at radius 3 is 1.41 bits per heavy atom. The molecule has 2 amide bonds. The average Bonchev–Trinajstić information content (AvgIpc) is 2.75. The van der Waals surface area contributed by atoms with E-state index in [2.05, 4.69) is 10.2 Å². The molecule has 0 unspecified atom stereocenters. The van der Waals surface area contributed by atoms with Crippen molar-refractivity contribution in [1.29, 1.82) is 0 Å². The number of hydrogen-bond acceptors (Lipinski definition) is 8. The molecule has 32 heavy (non-hydrogen) atoms. The lowest BCUT2D eigenvalue weighted by Gasteiger charge is -2.05. The van der Waals surface area contributed by atoms with Crippen LogP contribution in [0.2, 0.25) is 0 Å². The number of nitro benzene ring substituents is 2. The van der Waals surface area contributed by atoms with Crippen LogP contribution in [0.1, 0.15) is 36.1 Å². The number of aryl methyl sites for hydroxylation is 2. The normalized spacial score (nSPS) is 11.6. The van der Waals surface area contributed by atoms with Gasteiger partial charge in [0.15, 0.2) is 0 Å². The molecule has 0 radical (unpaired) electrons. The highest BCUT2D eigenvalue weighted by Crippen LogP contribution is 2.20. The fourth-order valence-corrected chi connectivity index (χ4v) is 2.56. The second kappa shape index (κ2) is 10.0. The first-order valence-electron chi connectivity index (χ1n) is 9.21. The summed E-state index contributed by atoms with van der Waals surface area (Å²) in [6, 6.07) is 8.93. The van der Waals surface area contributed by atoms with Crippen LogP contribution in [0.15, 0.2) is 46.6 Å². The highest BCUT2D eigenvalue weighted by molar-refractivity contribution is 6.35. The number of nitrogens with zero attached hydrogens (tertiary/aromatic N) is 4. The summed E-state index contributed by atoms with van der Waals surface area (Å²) in [4.78, 5) is 44.9. The third-order valence-corrected chi connectivity index (χ3v) is 4.50. The van der Waals surface area contributed by atoms with Gasteiger partial charge in [-0.05, 0) is 27.7 Å². The zero-order valence-electron chi connectivity index (χ0n) is 17.7. The summed E-state index contributed by atoms with van der Waals surface area (Å²) in [7, 11) is 0. The van der Waals surface area contributed by atoms with Crippen molar-refractivity contribution >= 4 is 34.6 Å². The molecule has 0 heterocycles. The first kappa shape index (κ1) is 23.8. The Balaban J connectivity index is 2.06. The van der Waals surface area contributed by atoms with Gasteiger partial charge < -0.3 is 0 Å². The number of carbonyl (C=O) groups excluding carboxylic acids is 2. The van der Waals surface area contributed by atoms with Crippen LogP contribution < -0.4 is 10.9 Å². The molecular formula is C20H20N6O6. The molecule has 2 N–H and O–H groups in total. The Morgan fingerprint density at radius 2 is 1.09 bits per heavy atom. The molecule has 12 heteroatoms. The minimum absolute atomic E-state index is 0.0951. The molecule has 0 saturated heterocycles. The van der Waals surface area contributed by atoms with Crippen LogP contribution in [0.5, 0.6) is 0 Å². The Labute approximate surface area is 182 Å². The van der Waals surface area contributed by atoms with E-state index in [4.69, 9.17) is 0 Å². The van der Waals surface area contributed by atoms with Crippen molar-refractivity contribution in [3.8, 4) is 0 Å². The van der Waals surface area contributed by atoms with Crippen LogP contribution in [-0.2, 0) is 9.59 Å². The lowest BCUT2D eigenvalue weighted by Crippen LogP contribution is -2.36. The van der Waals surface area contributed by atoms with E-state index in [9.17, 15) is 29.8 Å². The molecule has 0 bridgehead atoms. The first-order valence-corrected chi connectivity index (χ1v) is 9.21. The van der Waals surface area contributed by atoms with Crippen molar-refractivity contribution < 1.29 is 19.4 Å².